The monoisotopic (exact) mass is 524 g/mol. The zero-order valence-electron chi connectivity index (χ0n) is 19.3. The van der Waals surface area contributed by atoms with Crippen molar-refractivity contribution in [2.45, 2.75) is 26.1 Å². The van der Waals surface area contributed by atoms with Crippen molar-refractivity contribution in [1.82, 2.24) is 9.88 Å². The fourth-order valence-electron chi connectivity index (χ4n) is 2.91. The number of carbonyl (C=O) groups excluding carboxylic acids is 2. The first-order valence-electron chi connectivity index (χ1n) is 10.5. The molecule has 0 bridgehead atoms. The molecule has 0 fully saturated rings. The molecule has 0 radical (unpaired) electrons. The Balaban J connectivity index is 1.68. The highest BCUT2D eigenvalue weighted by Crippen LogP contribution is 2.36. The van der Waals surface area contributed by atoms with Crippen LogP contribution in [-0.2, 0) is 6.18 Å². The summed E-state index contributed by atoms with van der Waals surface area (Å²) in [5.41, 5.74) is -1.40. The Labute approximate surface area is 209 Å². The lowest BCUT2D eigenvalue weighted by Gasteiger charge is -2.21. The summed E-state index contributed by atoms with van der Waals surface area (Å²) >= 11 is 5.56. The van der Waals surface area contributed by atoms with Crippen LogP contribution in [0.5, 0.6) is 11.5 Å². The summed E-state index contributed by atoms with van der Waals surface area (Å²) in [7, 11) is 1.64. The minimum atomic E-state index is -4.71. The molecule has 1 heterocycles. The summed E-state index contributed by atoms with van der Waals surface area (Å²) in [5.74, 6) is -0.853. The van der Waals surface area contributed by atoms with Crippen molar-refractivity contribution in [3.8, 4) is 11.5 Å². The van der Waals surface area contributed by atoms with Gasteiger partial charge >= 0.3 is 12.2 Å². The standard InChI is InChI=1S/C24H21ClF4N4O3/c1-13(2)33(3)22(34)21-12-16(8-9-30-21)36-15-5-7-20(19(26)11-15)32-23(35)31-14-4-6-18(25)17(10-14)24(27,28)29/h4-13H,1-3H3,(H2,31,32,35). The van der Waals surface area contributed by atoms with E-state index in [0.29, 0.717) is 6.07 Å². The molecule has 3 amide bonds. The molecular formula is C24H21ClF4N4O3. The van der Waals surface area contributed by atoms with Gasteiger partial charge in [-0.25, -0.2) is 9.18 Å². The molecule has 0 saturated carbocycles. The van der Waals surface area contributed by atoms with Crippen molar-refractivity contribution in [2.24, 2.45) is 0 Å². The van der Waals surface area contributed by atoms with Gasteiger partial charge in [0.15, 0.2) is 0 Å². The van der Waals surface area contributed by atoms with Crippen molar-refractivity contribution in [2.75, 3.05) is 17.7 Å². The Hall–Kier alpha value is -3.86. The molecule has 0 saturated heterocycles. The van der Waals surface area contributed by atoms with Gasteiger partial charge in [-0.2, -0.15) is 13.2 Å². The van der Waals surface area contributed by atoms with Gasteiger partial charge in [0.25, 0.3) is 5.91 Å². The molecule has 7 nitrogen and oxygen atoms in total. The highest BCUT2D eigenvalue weighted by molar-refractivity contribution is 6.31. The molecule has 2 aromatic carbocycles. The molecule has 0 aliphatic rings. The largest absolute Gasteiger partial charge is 0.457 e. The van der Waals surface area contributed by atoms with E-state index in [9.17, 15) is 27.2 Å². The Morgan fingerprint density at radius 3 is 2.36 bits per heavy atom. The number of halogens is 5. The van der Waals surface area contributed by atoms with Crippen LogP contribution in [0.3, 0.4) is 0 Å². The Bertz CT molecular complexity index is 1280. The van der Waals surface area contributed by atoms with Crippen molar-refractivity contribution in [3.63, 3.8) is 0 Å². The van der Waals surface area contributed by atoms with Crippen LogP contribution in [0.25, 0.3) is 0 Å². The second-order valence-electron chi connectivity index (χ2n) is 7.90. The van der Waals surface area contributed by atoms with E-state index in [1.807, 2.05) is 13.8 Å². The van der Waals surface area contributed by atoms with Gasteiger partial charge in [0, 0.05) is 37.1 Å². The maximum absolute atomic E-state index is 14.6. The predicted octanol–water partition coefficient (Wildman–Crippen LogP) is 6.81. The van der Waals surface area contributed by atoms with Gasteiger partial charge in [0.05, 0.1) is 16.3 Å². The molecule has 36 heavy (non-hydrogen) atoms. The molecular weight excluding hydrogens is 504 g/mol. The number of rotatable bonds is 6. The van der Waals surface area contributed by atoms with Crippen LogP contribution in [-0.4, -0.2) is 34.9 Å². The van der Waals surface area contributed by atoms with Gasteiger partial charge in [-0.05, 0) is 50.2 Å². The first-order valence-corrected chi connectivity index (χ1v) is 10.9. The molecule has 3 rings (SSSR count). The maximum Gasteiger partial charge on any atom is 0.417 e. The molecule has 0 aliphatic heterocycles. The number of aromatic nitrogens is 1. The lowest BCUT2D eigenvalue weighted by molar-refractivity contribution is -0.137. The number of ether oxygens (including phenoxy) is 1. The van der Waals surface area contributed by atoms with Crippen molar-refractivity contribution >= 4 is 34.9 Å². The highest BCUT2D eigenvalue weighted by atomic mass is 35.5. The minimum Gasteiger partial charge on any atom is -0.457 e. The van der Waals surface area contributed by atoms with Crippen LogP contribution in [0.15, 0.2) is 54.7 Å². The molecule has 190 valence electrons. The first kappa shape index (κ1) is 26.7. The summed E-state index contributed by atoms with van der Waals surface area (Å²) in [6, 6.07) is 8.32. The Morgan fingerprint density at radius 1 is 1.03 bits per heavy atom. The average Bonchev–Trinajstić information content (AvgIpc) is 2.80. The molecule has 2 N–H and O–H groups in total. The number of nitrogens with one attached hydrogen (secondary N) is 2. The van der Waals surface area contributed by atoms with Gasteiger partial charge < -0.3 is 20.3 Å². The fraction of sp³-hybridized carbons (Fsp3) is 0.208. The van der Waals surface area contributed by atoms with E-state index in [1.54, 1.807) is 7.05 Å². The van der Waals surface area contributed by atoms with Crippen LogP contribution in [0.4, 0.5) is 33.7 Å². The summed E-state index contributed by atoms with van der Waals surface area (Å²) in [6.45, 7) is 3.71. The summed E-state index contributed by atoms with van der Waals surface area (Å²) in [6.07, 6.45) is -3.32. The van der Waals surface area contributed by atoms with Gasteiger partial charge in [0.1, 0.15) is 23.0 Å². The molecule has 0 atom stereocenters. The Kier molecular flexibility index (Phi) is 8.03. The number of amides is 3. The third-order valence-electron chi connectivity index (χ3n) is 5.00. The van der Waals surface area contributed by atoms with E-state index >= 15 is 0 Å². The van der Waals surface area contributed by atoms with Gasteiger partial charge in [-0.15, -0.1) is 0 Å². The number of pyridine rings is 1. The lowest BCUT2D eigenvalue weighted by Crippen LogP contribution is -2.33. The predicted molar refractivity (Wildman–Crippen MR) is 127 cm³/mol. The summed E-state index contributed by atoms with van der Waals surface area (Å²) in [4.78, 5) is 30.2. The number of nitrogens with zero attached hydrogens (tertiary/aromatic N) is 2. The quantitative estimate of drug-likeness (QED) is 0.347. The van der Waals surface area contributed by atoms with Gasteiger partial charge in [-0.3, -0.25) is 9.78 Å². The summed E-state index contributed by atoms with van der Waals surface area (Å²) in [5, 5.41) is 3.89. The Morgan fingerprint density at radius 2 is 1.72 bits per heavy atom. The number of alkyl halides is 3. The van der Waals surface area contributed by atoms with Crippen molar-refractivity contribution in [1.29, 1.82) is 0 Å². The van der Waals surface area contributed by atoms with Crippen molar-refractivity contribution < 1.29 is 31.9 Å². The molecule has 1 aromatic heterocycles. The first-order chi connectivity index (χ1) is 16.8. The molecule has 0 unspecified atom stereocenters. The average molecular weight is 525 g/mol. The zero-order chi connectivity index (χ0) is 26.6. The molecule has 0 spiro atoms. The van der Waals surface area contributed by atoms with Gasteiger partial charge in [0.2, 0.25) is 0 Å². The summed E-state index contributed by atoms with van der Waals surface area (Å²) < 4.78 is 59.1. The molecule has 3 aromatic rings. The number of carbonyl (C=O) groups is 2. The molecule has 0 aliphatic carbocycles. The second kappa shape index (κ2) is 10.8. The second-order valence-corrected chi connectivity index (χ2v) is 8.31. The number of hydrogen-bond acceptors (Lipinski definition) is 4. The number of benzene rings is 2. The lowest BCUT2D eigenvalue weighted by atomic mass is 10.2. The third kappa shape index (κ3) is 6.63. The minimum absolute atomic E-state index is 0.0402. The smallest absolute Gasteiger partial charge is 0.417 e. The SMILES string of the molecule is CC(C)N(C)C(=O)c1cc(Oc2ccc(NC(=O)Nc3ccc(Cl)c(C(F)(F)F)c3)c(F)c2)ccn1. The van der Waals surface area contributed by atoms with E-state index in [1.165, 1.54) is 41.4 Å². The van der Waals surface area contributed by atoms with E-state index < -0.39 is 28.6 Å². The van der Waals surface area contributed by atoms with Crippen molar-refractivity contribution in [3.05, 3.63) is 76.8 Å². The van der Waals surface area contributed by atoms with Crippen LogP contribution in [0.1, 0.15) is 29.9 Å². The van der Waals surface area contributed by atoms with Crippen LogP contribution < -0.4 is 15.4 Å². The number of hydrogen-bond donors (Lipinski definition) is 2. The fourth-order valence-corrected chi connectivity index (χ4v) is 3.13. The normalized spacial score (nSPS) is 11.2. The van der Waals surface area contributed by atoms with Gasteiger partial charge in [-0.1, -0.05) is 11.6 Å². The zero-order valence-corrected chi connectivity index (χ0v) is 20.0. The third-order valence-corrected chi connectivity index (χ3v) is 5.33. The topological polar surface area (TPSA) is 83.6 Å². The van der Waals surface area contributed by atoms with E-state index in [-0.39, 0.29) is 40.5 Å². The van der Waals surface area contributed by atoms with E-state index in [4.69, 9.17) is 16.3 Å². The van der Waals surface area contributed by atoms with E-state index in [0.717, 1.165) is 12.1 Å². The van der Waals surface area contributed by atoms with Crippen LogP contribution >= 0.6 is 11.6 Å². The van der Waals surface area contributed by atoms with E-state index in [2.05, 4.69) is 15.6 Å². The van der Waals surface area contributed by atoms with Crippen LogP contribution in [0, 0.1) is 5.82 Å². The highest BCUT2D eigenvalue weighted by Gasteiger charge is 2.33. The maximum atomic E-state index is 14.6. The number of urea groups is 1. The molecule has 12 heteroatoms. The number of anilines is 2. The van der Waals surface area contributed by atoms with Crippen LogP contribution in [0.2, 0.25) is 5.02 Å².